The molecule has 3 aliphatic heterocycles. The van der Waals surface area contributed by atoms with Gasteiger partial charge >= 0.3 is 0 Å². The van der Waals surface area contributed by atoms with Gasteiger partial charge in [0, 0.05) is 0 Å². The molecule has 6 fully saturated rings. The molecule has 3 saturated heterocycles. The van der Waals surface area contributed by atoms with Gasteiger partial charge in [0.05, 0.1) is 36.6 Å². The maximum atomic E-state index is 5.63. The zero-order valence-electron chi connectivity index (χ0n) is 18.8. The van der Waals surface area contributed by atoms with E-state index in [4.69, 9.17) is 14.2 Å². The van der Waals surface area contributed by atoms with Gasteiger partial charge in [0.15, 0.2) is 0 Å². The number of ether oxygens (including phenoxy) is 3. The van der Waals surface area contributed by atoms with Crippen LogP contribution >= 0.6 is 0 Å². The molecule has 3 nitrogen and oxygen atoms in total. The molecule has 0 aromatic rings. The third-order valence-electron chi connectivity index (χ3n) is 7.74. The summed E-state index contributed by atoms with van der Waals surface area (Å²) in [6, 6.07) is 0. The number of hydrogen-bond donors (Lipinski definition) is 0. The Morgan fingerprint density at radius 1 is 0.241 bits per heavy atom. The highest BCUT2D eigenvalue weighted by atomic mass is 16.6. The average Bonchev–Trinajstić information content (AvgIpc) is 3.59. The van der Waals surface area contributed by atoms with E-state index in [1.807, 2.05) is 0 Å². The Morgan fingerprint density at radius 3 is 0.655 bits per heavy atom. The summed E-state index contributed by atoms with van der Waals surface area (Å²) < 4.78 is 16.3. The maximum Gasteiger partial charge on any atom is 0.0841 e. The normalized spacial score (nSPS) is 41.4. The van der Waals surface area contributed by atoms with E-state index in [2.05, 4.69) is 0 Å². The van der Waals surface area contributed by atoms with Crippen LogP contribution in [0.1, 0.15) is 128 Å². The number of fused-ring (bicyclic) bond motifs is 3. The molecule has 0 N–H and O–H groups in total. The summed E-state index contributed by atoms with van der Waals surface area (Å²) in [4.78, 5) is 0. The van der Waals surface area contributed by atoms with Crippen molar-refractivity contribution in [1.82, 2.24) is 0 Å². The summed E-state index contributed by atoms with van der Waals surface area (Å²) in [5.41, 5.74) is 0. The highest BCUT2D eigenvalue weighted by molar-refractivity contribution is 4.88. The molecule has 0 amide bonds. The van der Waals surface area contributed by atoms with Crippen LogP contribution in [0.5, 0.6) is 0 Å². The maximum absolute atomic E-state index is 5.63. The van der Waals surface area contributed by atoms with E-state index < -0.39 is 0 Å². The van der Waals surface area contributed by atoms with Crippen molar-refractivity contribution >= 4 is 0 Å². The minimum atomic E-state index is 0.666. The Balaban J connectivity index is 0.000000111. The van der Waals surface area contributed by atoms with Gasteiger partial charge in [-0.3, -0.25) is 0 Å². The van der Waals surface area contributed by atoms with Crippen molar-refractivity contribution in [2.45, 2.75) is 165 Å². The highest BCUT2D eigenvalue weighted by Gasteiger charge is 2.40. The van der Waals surface area contributed by atoms with Gasteiger partial charge in [-0.15, -0.1) is 0 Å². The van der Waals surface area contributed by atoms with E-state index in [0.717, 1.165) is 0 Å². The van der Waals surface area contributed by atoms with Crippen molar-refractivity contribution in [2.24, 2.45) is 0 Å². The van der Waals surface area contributed by atoms with Crippen molar-refractivity contribution in [1.29, 1.82) is 0 Å². The predicted octanol–water partition coefficient (Wildman–Crippen LogP) is 7.10. The van der Waals surface area contributed by atoms with Crippen LogP contribution in [0.25, 0.3) is 0 Å². The zero-order chi connectivity index (χ0) is 19.7. The van der Waals surface area contributed by atoms with Crippen LogP contribution < -0.4 is 0 Å². The van der Waals surface area contributed by atoms with Gasteiger partial charge in [0.2, 0.25) is 0 Å². The number of rotatable bonds is 0. The first-order valence-corrected chi connectivity index (χ1v) is 13.4. The Morgan fingerprint density at radius 2 is 0.414 bits per heavy atom. The van der Waals surface area contributed by atoms with E-state index in [1.165, 1.54) is 128 Å². The molecule has 29 heavy (non-hydrogen) atoms. The quantitative estimate of drug-likeness (QED) is 0.402. The average molecular weight is 407 g/mol. The number of hydrogen-bond acceptors (Lipinski definition) is 3. The first-order valence-electron chi connectivity index (χ1n) is 13.4. The lowest BCUT2D eigenvalue weighted by Gasteiger charge is -2.03. The van der Waals surface area contributed by atoms with Crippen molar-refractivity contribution < 1.29 is 14.2 Å². The summed E-state index contributed by atoms with van der Waals surface area (Å²) in [6.45, 7) is 0. The van der Waals surface area contributed by atoms with Gasteiger partial charge in [-0.05, 0) is 38.5 Å². The van der Waals surface area contributed by atoms with Crippen LogP contribution in [0.3, 0.4) is 0 Å². The Labute approximate surface area is 179 Å². The molecule has 168 valence electrons. The second-order valence-electron chi connectivity index (χ2n) is 10.3. The monoisotopic (exact) mass is 406 g/mol. The van der Waals surface area contributed by atoms with Gasteiger partial charge in [-0.2, -0.15) is 0 Å². The van der Waals surface area contributed by atoms with Gasteiger partial charge < -0.3 is 14.2 Å². The molecular formula is C26H46O3. The molecule has 6 unspecified atom stereocenters. The van der Waals surface area contributed by atoms with Crippen molar-refractivity contribution in [3.05, 3.63) is 0 Å². The van der Waals surface area contributed by atoms with Crippen LogP contribution in [-0.2, 0) is 14.2 Å². The van der Waals surface area contributed by atoms with Crippen LogP contribution in [0.4, 0.5) is 0 Å². The molecule has 3 aliphatic carbocycles. The first kappa shape index (κ1) is 22.1. The first-order chi connectivity index (χ1) is 14.4. The highest BCUT2D eigenvalue weighted by Crippen LogP contribution is 2.36. The largest absolute Gasteiger partial charge is 0.370 e. The molecule has 0 spiro atoms. The summed E-state index contributed by atoms with van der Waals surface area (Å²) in [7, 11) is 0. The van der Waals surface area contributed by atoms with Crippen LogP contribution in [0.2, 0.25) is 0 Å². The molecule has 6 rings (SSSR count). The molecule has 0 radical (unpaired) electrons. The minimum absolute atomic E-state index is 0.666. The fourth-order valence-electron chi connectivity index (χ4n) is 5.55. The molecule has 0 aromatic heterocycles. The van der Waals surface area contributed by atoms with Gasteiger partial charge in [0.25, 0.3) is 0 Å². The van der Waals surface area contributed by atoms with E-state index in [9.17, 15) is 0 Å². The second-order valence-corrected chi connectivity index (χ2v) is 10.3. The van der Waals surface area contributed by atoms with Crippen molar-refractivity contribution in [3.8, 4) is 0 Å². The summed E-state index contributed by atoms with van der Waals surface area (Å²) in [6.07, 6.45) is 32.2. The third kappa shape index (κ3) is 8.50. The molecule has 0 bridgehead atoms. The summed E-state index contributed by atoms with van der Waals surface area (Å²) in [5, 5.41) is 0. The van der Waals surface area contributed by atoms with Crippen LogP contribution in [0, 0.1) is 0 Å². The van der Waals surface area contributed by atoms with Gasteiger partial charge in [-0.1, -0.05) is 89.9 Å². The third-order valence-corrected chi connectivity index (χ3v) is 7.74. The summed E-state index contributed by atoms with van der Waals surface area (Å²) >= 11 is 0. The molecule has 3 saturated carbocycles. The molecule has 3 heteroatoms. The topological polar surface area (TPSA) is 37.6 Å². The van der Waals surface area contributed by atoms with E-state index >= 15 is 0 Å². The molecule has 6 atom stereocenters. The molecule has 6 aliphatic rings. The van der Waals surface area contributed by atoms with Crippen molar-refractivity contribution in [3.63, 3.8) is 0 Å². The van der Waals surface area contributed by atoms with E-state index in [-0.39, 0.29) is 0 Å². The van der Waals surface area contributed by atoms with Crippen LogP contribution in [-0.4, -0.2) is 36.6 Å². The minimum Gasteiger partial charge on any atom is -0.370 e. The lowest BCUT2D eigenvalue weighted by atomic mass is 10.0. The Hall–Kier alpha value is -0.120. The van der Waals surface area contributed by atoms with Crippen molar-refractivity contribution in [2.75, 3.05) is 0 Å². The predicted molar refractivity (Wildman–Crippen MR) is 118 cm³/mol. The van der Waals surface area contributed by atoms with E-state index in [0.29, 0.717) is 36.6 Å². The molecular weight excluding hydrogens is 360 g/mol. The smallest absolute Gasteiger partial charge is 0.0841 e. The fraction of sp³-hybridized carbons (Fsp3) is 1.00. The van der Waals surface area contributed by atoms with Gasteiger partial charge in [-0.25, -0.2) is 0 Å². The lowest BCUT2D eigenvalue weighted by molar-refractivity contribution is 0.349. The zero-order valence-corrected chi connectivity index (χ0v) is 18.8. The van der Waals surface area contributed by atoms with Gasteiger partial charge in [0.1, 0.15) is 0 Å². The SMILES string of the molecule is C1CCC2OC2C1.C1CCCC2OC2CC1.C1CCCCCC2OC2CCCC1. The molecule has 0 aromatic carbocycles. The second kappa shape index (κ2) is 12.1. The Kier molecular flexibility index (Phi) is 9.18. The standard InChI is InChI=1S/C12H22O.C8H14O.C6H10O/c1-2-4-6-8-10-12-11(13-12)9-7-5-3-1;1-2-4-6-8-7(9-8)5-3-1;1-2-4-6-5(3-1)7-6/h11-12H,1-10H2;7-8H,1-6H2;5-6H,1-4H2. The Bertz CT molecular complexity index is 415. The number of epoxide rings is 3. The lowest BCUT2D eigenvalue weighted by Crippen LogP contribution is -2.00. The molecule has 3 heterocycles. The fourth-order valence-corrected chi connectivity index (χ4v) is 5.55. The summed E-state index contributed by atoms with van der Waals surface area (Å²) in [5.74, 6) is 0. The van der Waals surface area contributed by atoms with E-state index in [1.54, 1.807) is 0 Å². The van der Waals surface area contributed by atoms with Crippen LogP contribution in [0.15, 0.2) is 0 Å².